The van der Waals surface area contributed by atoms with Crippen LogP contribution in [0.4, 0.5) is 0 Å². The molecular formula is C17H21N5O. The van der Waals surface area contributed by atoms with Crippen LogP contribution in [0.3, 0.4) is 0 Å². The van der Waals surface area contributed by atoms with Crippen LogP contribution in [0.2, 0.25) is 0 Å². The minimum Gasteiger partial charge on any atom is -0.424 e. The van der Waals surface area contributed by atoms with Crippen LogP contribution in [0.1, 0.15) is 43.1 Å². The summed E-state index contributed by atoms with van der Waals surface area (Å²) in [7, 11) is 0. The molecule has 0 fully saturated rings. The van der Waals surface area contributed by atoms with Crippen molar-refractivity contribution >= 4 is 0 Å². The van der Waals surface area contributed by atoms with Crippen molar-refractivity contribution in [1.82, 2.24) is 25.1 Å². The lowest BCUT2D eigenvalue weighted by atomic mass is 10.1. The van der Waals surface area contributed by atoms with Crippen molar-refractivity contribution in [2.75, 3.05) is 0 Å². The Morgan fingerprint density at radius 1 is 1.17 bits per heavy atom. The number of nitrogens with zero attached hydrogens (tertiary/aromatic N) is 4. The molecule has 2 aromatic heterocycles. The predicted octanol–water partition coefficient (Wildman–Crippen LogP) is 2.98. The molecule has 120 valence electrons. The van der Waals surface area contributed by atoms with Gasteiger partial charge in [-0.25, -0.2) is 4.98 Å². The maximum atomic E-state index is 5.51. The molecule has 0 aliphatic carbocycles. The molecule has 6 heteroatoms. The van der Waals surface area contributed by atoms with Gasteiger partial charge in [0, 0.05) is 30.5 Å². The van der Waals surface area contributed by atoms with Crippen LogP contribution in [0.25, 0.3) is 5.69 Å². The topological polar surface area (TPSA) is 68.8 Å². The van der Waals surface area contributed by atoms with Crippen molar-refractivity contribution in [2.24, 2.45) is 0 Å². The number of rotatable bonds is 6. The summed E-state index contributed by atoms with van der Waals surface area (Å²) < 4.78 is 7.57. The van der Waals surface area contributed by atoms with Crippen LogP contribution in [0.5, 0.6) is 0 Å². The normalized spacial score (nSPS) is 12.5. The first kappa shape index (κ1) is 15.4. The molecule has 0 spiro atoms. The van der Waals surface area contributed by atoms with E-state index in [1.54, 1.807) is 0 Å². The van der Waals surface area contributed by atoms with E-state index in [0.29, 0.717) is 18.3 Å². The molecule has 2 heterocycles. The monoisotopic (exact) mass is 311 g/mol. The third-order valence-electron chi connectivity index (χ3n) is 3.87. The van der Waals surface area contributed by atoms with Gasteiger partial charge in [-0.2, -0.15) is 0 Å². The maximum absolute atomic E-state index is 5.51. The number of imidazole rings is 1. The Morgan fingerprint density at radius 2 is 1.91 bits per heavy atom. The molecule has 0 aliphatic heterocycles. The van der Waals surface area contributed by atoms with E-state index >= 15 is 0 Å². The molecule has 1 aromatic carbocycles. The molecule has 0 aliphatic rings. The fourth-order valence-electron chi connectivity index (χ4n) is 2.44. The van der Waals surface area contributed by atoms with Gasteiger partial charge in [0.25, 0.3) is 0 Å². The fraction of sp³-hybridized carbons (Fsp3) is 0.353. The predicted molar refractivity (Wildman–Crippen MR) is 87.2 cm³/mol. The van der Waals surface area contributed by atoms with E-state index in [1.807, 2.05) is 26.2 Å². The van der Waals surface area contributed by atoms with Gasteiger partial charge in [0.05, 0.1) is 6.54 Å². The summed E-state index contributed by atoms with van der Waals surface area (Å²) in [5, 5.41) is 11.4. The van der Waals surface area contributed by atoms with Gasteiger partial charge >= 0.3 is 0 Å². The molecule has 23 heavy (non-hydrogen) atoms. The van der Waals surface area contributed by atoms with Crippen LogP contribution >= 0.6 is 0 Å². The Hall–Kier alpha value is -2.47. The smallest absolute Gasteiger partial charge is 0.230 e. The second kappa shape index (κ2) is 6.75. The first-order valence-corrected chi connectivity index (χ1v) is 7.82. The third-order valence-corrected chi connectivity index (χ3v) is 3.87. The molecule has 0 saturated carbocycles. The van der Waals surface area contributed by atoms with Crippen molar-refractivity contribution < 1.29 is 4.42 Å². The zero-order valence-electron chi connectivity index (χ0n) is 13.7. The third kappa shape index (κ3) is 3.48. The van der Waals surface area contributed by atoms with Crippen LogP contribution in [-0.2, 0) is 13.0 Å². The highest BCUT2D eigenvalue weighted by molar-refractivity contribution is 5.36. The molecule has 3 aromatic rings. The second-order valence-electron chi connectivity index (χ2n) is 5.48. The summed E-state index contributed by atoms with van der Waals surface area (Å²) in [6, 6.07) is 8.65. The standard InChI is InChI=1S/C17H21N5O/c1-4-16-20-21-17(23-16)11-19-12(2)14-5-7-15(8-6-14)22-10-9-18-13(22)3/h5-10,12,19H,4,11H2,1-3H3/t12-/m1/s1. The van der Waals surface area contributed by atoms with Crippen LogP contribution < -0.4 is 5.32 Å². The van der Waals surface area contributed by atoms with E-state index < -0.39 is 0 Å². The van der Waals surface area contributed by atoms with Gasteiger partial charge in [0.1, 0.15) is 5.82 Å². The molecule has 0 saturated heterocycles. The highest BCUT2D eigenvalue weighted by Crippen LogP contribution is 2.17. The molecule has 0 unspecified atom stereocenters. The highest BCUT2D eigenvalue weighted by Gasteiger charge is 2.09. The number of hydrogen-bond donors (Lipinski definition) is 1. The Bertz CT molecular complexity index is 759. The average Bonchev–Trinajstić information content (AvgIpc) is 3.21. The van der Waals surface area contributed by atoms with Crippen molar-refractivity contribution in [1.29, 1.82) is 0 Å². The second-order valence-corrected chi connectivity index (χ2v) is 5.48. The lowest BCUT2D eigenvalue weighted by Gasteiger charge is -2.14. The highest BCUT2D eigenvalue weighted by atomic mass is 16.4. The zero-order valence-corrected chi connectivity index (χ0v) is 13.7. The minimum absolute atomic E-state index is 0.199. The van der Waals surface area contributed by atoms with E-state index in [2.05, 4.69) is 56.3 Å². The van der Waals surface area contributed by atoms with Gasteiger partial charge in [-0.15, -0.1) is 10.2 Å². The summed E-state index contributed by atoms with van der Waals surface area (Å²) in [6.07, 6.45) is 4.53. The fourth-order valence-corrected chi connectivity index (χ4v) is 2.44. The number of benzene rings is 1. The minimum atomic E-state index is 0.199. The number of aryl methyl sites for hydroxylation is 2. The largest absolute Gasteiger partial charge is 0.424 e. The summed E-state index contributed by atoms with van der Waals surface area (Å²) in [4.78, 5) is 4.25. The molecule has 0 bridgehead atoms. The van der Waals surface area contributed by atoms with Gasteiger partial charge < -0.3 is 14.3 Å². The Morgan fingerprint density at radius 3 is 2.52 bits per heavy atom. The lowest BCUT2D eigenvalue weighted by molar-refractivity contribution is 0.422. The summed E-state index contributed by atoms with van der Waals surface area (Å²) in [5.74, 6) is 2.28. The van der Waals surface area contributed by atoms with Crippen LogP contribution in [-0.4, -0.2) is 19.7 Å². The van der Waals surface area contributed by atoms with Gasteiger partial charge in [-0.05, 0) is 31.5 Å². The molecular weight excluding hydrogens is 290 g/mol. The maximum Gasteiger partial charge on any atom is 0.230 e. The van der Waals surface area contributed by atoms with Gasteiger partial charge in [-0.3, -0.25) is 0 Å². The SMILES string of the molecule is CCc1nnc(CN[C@H](C)c2ccc(-n3ccnc3C)cc2)o1. The van der Waals surface area contributed by atoms with E-state index in [0.717, 1.165) is 17.9 Å². The van der Waals surface area contributed by atoms with Gasteiger partial charge in [0.15, 0.2) is 0 Å². The van der Waals surface area contributed by atoms with E-state index in [1.165, 1.54) is 5.56 Å². The van der Waals surface area contributed by atoms with Crippen molar-refractivity contribution in [3.05, 3.63) is 59.8 Å². The number of nitrogens with one attached hydrogen (secondary N) is 1. The van der Waals surface area contributed by atoms with Gasteiger partial charge in [-0.1, -0.05) is 19.1 Å². The molecule has 3 rings (SSSR count). The van der Waals surface area contributed by atoms with E-state index in [9.17, 15) is 0 Å². The average molecular weight is 311 g/mol. The quantitative estimate of drug-likeness (QED) is 0.758. The summed E-state index contributed by atoms with van der Waals surface area (Å²) >= 11 is 0. The van der Waals surface area contributed by atoms with Crippen LogP contribution in [0, 0.1) is 6.92 Å². The Balaban J connectivity index is 1.63. The van der Waals surface area contributed by atoms with E-state index in [4.69, 9.17) is 4.42 Å². The number of hydrogen-bond acceptors (Lipinski definition) is 5. The first-order chi connectivity index (χ1) is 11.2. The Kier molecular flexibility index (Phi) is 4.52. The Labute approximate surface area is 135 Å². The summed E-state index contributed by atoms with van der Waals surface area (Å²) in [6.45, 7) is 6.68. The van der Waals surface area contributed by atoms with Crippen LogP contribution in [0.15, 0.2) is 41.1 Å². The lowest BCUT2D eigenvalue weighted by Crippen LogP contribution is -2.18. The first-order valence-electron chi connectivity index (χ1n) is 7.82. The van der Waals surface area contributed by atoms with Crippen molar-refractivity contribution in [2.45, 2.75) is 39.8 Å². The summed E-state index contributed by atoms with van der Waals surface area (Å²) in [5.41, 5.74) is 2.32. The molecule has 6 nitrogen and oxygen atoms in total. The van der Waals surface area contributed by atoms with Crippen molar-refractivity contribution in [3.63, 3.8) is 0 Å². The molecule has 0 amide bonds. The number of aromatic nitrogens is 4. The van der Waals surface area contributed by atoms with E-state index in [-0.39, 0.29) is 6.04 Å². The molecule has 0 radical (unpaired) electrons. The molecule has 1 N–H and O–H groups in total. The van der Waals surface area contributed by atoms with Crippen molar-refractivity contribution in [3.8, 4) is 5.69 Å². The molecule has 1 atom stereocenters. The van der Waals surface area contributed by atoms with Gasteiger partial charge in [0.2, 0.25) is 11.8 Å². The zero-order chi connectivity index (χ0) is 16.2.